The third-order valence-electron chi connectivity index (χ3n) is 3.78. The van der Waals surface area contributed by atoms with Crippen molar-refractivity contribution >= 4 is 17.7 Å². The molecule has 0 radical (unpaired) electrons. The summed E-state index contributed by atoms with van der Waals surface area (Å²) in [6, 6.07) is 1.69. The lowest BCUT2D eigenvalue weighted by Crippen LogP contribution is -2.42. The van der Waals surface area contributed by atoms with Crippen molar-refractivity contribution in [3.8, 4) is 5.88 Å². The minimum atomic E-state index is -0.448. The van der Waals surface area contributed by atoms with Crippen LogP contribution in [0.25, 0.3) is 0 Å². The SMILES string of the molecule is CC(C)(C)OC(=O)N1CCC[C@H](CCCOc2ccnc(Cl)n2)C1. The zero-order valence-electron chi connectivity index (χ0n) is 14.6. The van der Waals surface area contributed by atoms with Crippen LogP contribution in [0.1, 0.15) is 46.5 Å². The van der Waals surface area contributed by atoms with Crippen molar-refractivity contribution < 1.29 is 14.3 Å². The molecule has 0 bridgehead atoms. The maximum absolute atomic E-state index is 12.2. The van der Waals surface area contributed by atoms with Gasteiger partial charge in [-0.3, -0.25) is 0 Å². The Labute approximate surface area is 148 Å². The van der Waals surface area contributed by atoms with E-state index in [-0.39, 0.29) is 11.4 Å². The predicted octanol–water partition coefficient (Wildman–Crippen LogP) is 3.94. The minimum Gasteiger partial charge on any atom is -0.478 e. The van der Waals surface area contributed by atoms with Crippen LogP contribution in [0.2, 0.25) is 5.28 Å². The van der Waals surface area contributed by atoms with E-state index < -0.39 is 5.60 Å². The normalized spacial score (nSPS) is 18.3. The highest BCUT2D eigenvalue weighted by Crippen LogP contribution is 2.23. The van der Waals surface area contributed by atoms with Gasteiger partial charge < -0.3 is 14.4 Å². The molecule has 0 aromatic carbocycles. The van der Waals surface area contributed by atoms with E-state index in [2.05, 4.69) is 9.97 Å². The molecule has 0 N–H and O–H groups in total. The summed E-state index contributed by atoms with van der Waals surface area (Å²) in [5.74, 6) is 0.984. The molecular weight excluding hydrogens is 330 g/mol. The molecule has 1 aliphatic heterocycles. The van der Waals surface area contributed by atoms with Crippen LogP contribution in [0.15, 0.2) is 12.3 Å². The maximum atomic E-state index is 12.2. The van der Waals surface area contributed by atoms with Gasteiger partial charge in [-0.2, -0.15) is 4.98 Å². The first-order valence-electron chi connectivity index (χ1n) is 8.43. The Bertz CT molecular complexity index is 548. The highest BCUT2D eigenvalue weighted by Gasteiger charge is 2.27. The first kappa shape index (κ1) is 18.8. The van der Waals surface area contributed by atoms with E-state index in [0.717, 1.165) is 38.8 Å². The fraction of sp³-hybridized carbons (Fsp3) is 0.706. The quantitative estimate of drug-likeness (QED) is 0.591. The standard InChI is InChI=1S/C17H26ClN3O3/c1-17(2,3)24-16(22)21-10-4-6-13(12-21)7-5-11-23-14-8-9-19-15(18)20-14/h8-9,13H,4-7,10-12H2,1-3H3/t13-/m1/s1. The van der Waals surface area contributed by atoms with Crippen LogP contribution >= 0.6 is 11.6 Å². The number of carbonyl (C=O) groups is 1. The van der Waals surface area contributed by atoms with Crippen molar-refractivity contribution in [2.75, 3.05) is 19.7 Å². The summed E-state index contributed by atoms with van der Waals surface area (Å²) < 4.78 is 11.0. The number of halogens is 1. The molecule has 134 valence electrons. The van der Waals surface area contributed by atoms with Crippen LogP contribution in [0.4, 0.5) is 4.79 Å². The monoisotopic (exact) mass is 355 g/mol. The lowest BCUT2D eigenvalue weighted by Gasteiger charge is -2.34. The van der Waals surface area contributed by atoms with E-state index in [9.17, 15) is 4.79 Å². The number of ether oxygens (including phenoxy) is 2. The Morgan fingerprint density at radius 1 is 1.46 bits per heavy atom. The predicted molar refractivity (Wildman–Crippen MR) is 92.3 cm³/mol. The Morgan fingerprint density at radius 3 is 2.96 bits per heavy atom. The second-order valence-electron chi connectivity index (χ2n) is 7.09. The number of carbonyl (C=O) groups excluding carboxylic acids is 1. The Balaban J connectivity index is 1.70. The molecule has 0 spiro atoms. The topological polar surface area (TPSA) is 64.5 Å². The third kappa shape index (κ3) is 6.51. The summed E-state index contributed by atoms with van der Waals surface area (Å²) in [5, 5.41) is 0.188. The molecule has 1 fully saturated rings. The number of hydrogen-bond donors (Lipinski definition) is 0. The van der Waals surface area contributed by atoms with E-state index in [1.54, 1.807) is 12.3 Å². The number of rotatable bonds is 5. The van der Waals surface area contributed by atoms with Crippen LogP contribution in [-0.4, -0.2) is 46.3 Å². The van der Waals surface area contributed by atoms with Gasteiger partial charge in [-0.1, -0.05) is 0 Å². The van der Waals surface area contributed by atoms with Gasteiger partial charge in [0.05, 0.1) is 6.61 Å². The van der Waals surface area contributed by atoms with Crippen molar-refractivity contribution in [1.29, 1.82) is 0 Å². The fourth-order valence-electron chi connectivity index (χ4n) is 2.74. The summed E-state index contributed by atoms with van der Waals surface area (Å²) in [6.45, 7) is 7.79. The van der Waals surface area contributed by atoms with E-state index in [0.29, 0.717) is 18.4 Å². The average Bonchev–Trinajstić information content (AvgIpc) is 2.50. The molecule has 1 aromatic rings. The second-order valence-corrected chi connectivity index (χ2v) is 7.43. The lowest BCUT2D eigenvalue weighted by molar-refractivity contribution is 0.0159. The maximum Gasteiger partial charge on any atom is 0.410 e. The third-order valence-corrected chi connectivity index (χ3v) is 3.96. The molecule has 1 saturated heterocycles. The van der Waals surface area contributed by atoms with Gasteiger partial charge in [0.2, 0.25) is 11.2 Å². The van der Waals surface area contributed by atoms with Crippen molar-refractivity contribution in [1.82, 2.24) is 14.9 Å². The number of amides is 1. The van der Waals surface area contributed by atoms with Gasteiger partial charge in [-0.15, -0.1) is 0 Å². The Hall–Kier alpha value is -1.56. The fourth-order valence-corrected chi connectivity index (χ4v) is 2.88. The van der Waals surface area contributed by atoms with E-state index in [1.165, 1.54) is 0 Å². The first-order valence-corrected chi connectivity index (χ1v) is 8.80. The van der Waals surface area contributed by atoms with Gasteiger partial charge >= 0.3 is 6.09 Å². The van der Waals surface area contributed by atoms with Crippen molar-refractivity contribution in [3.63, 3.8) is 0 Å². The van der Waals surface area contributed by atoms with Crippen molar-refractivity contribution in [2.45, 2.75) is 52.1 Å². The molecule has 2 heterocycles. The summed E-state index contributed by atoms with van der Waals surface area (Å²) in [7, 11) is 0. The van der Waals surface area contributed by atoms with E-state index in [4.69, 9.17) is 21.1 Å². The molecule has 0 unspecified atom stereocenters. The van der Waals surface area contributed by atoms with Gasteiger partial charge in [0, 0.05) is 25.4 Å². The zero-order valence-corrected chi connectivity index (χ0v) is 15.4. The summed E-state index contributed by atoms with van der Waals surface area (Å²) in [5.41, 5.74) is -0.448. The van der Waals surface area contributed by atoms with Gasteiger partial charge in [-0.25, -0.2) is 9.78 Å². The molecule has 2 rings (SSSR count). The largest absolute Gasteiger partial charge is 0.478 e. The Kier molecular flexibility index (Phi) is 6.66. The van der Waals surface area contributed by atoms with Crippen LogP contribution in [-0.2, 0) is 4.74 Å². The summed E-state index contributed by atoms with van der Waals surface area (Å²) in [6.07, 6.45) is 5.45. The Morgan fingerprint density at radius 2 is 2.25 bits per heavy atom. The molecule has 1 aromatic heterocycles. The van der Waals surface area contributed by atoms with Crippen LogP contribution in [0.3, 0.4) is 0 Å². The highest BCUT2D eigenvalue weighted by atomic mass is 35.5. The molecule has 0 saturated carbocycles. The minimum absolute atomic E-state index is 0.188. The lowest BCUT2D eigenvalue weighted by atomic mass is 9.94. The first-order chi connectivity index (χ1) is 11.3. The number of aromatic nitrogens is 2. The molecule has 7 heteroatoms. The molecule has 24 heavy (non-hydrogen) atoms. The molecule has 1 aliphatic rings. The van der Waals surface area contributed by atoms with Crippen molar-refractivity contribution in [3.05, 3.63) is 17.5 Å². The van der Waals surface area contributed by atoms with Crippen molar-refractivity contribution in [2.24, 2.45) is 5.92 Å². The van der Waals surface area contributed by atoms with Gasteiger partial charge in [-0.05, 0) is 64.0 Å². The number of nitrogens with zero attached hydrogens (tertiary/aromatic N) is 3. The number of hydrogen-bond acceptors (Lipinski definition) is 5. The van der Waals surface area contributed by atoms with Gasteiger partial charge in [0.15, 0.2) is 0 Å². The summed E-state index contributed by atoms with van der Waals surface area (Å²) >= 11 is 5.72. The van der Waals surface area contributed by atoms with Crippen LogP contribution < -0.4 is 4.74 Å². The average molecular weight is 356 g/mol. The van der Waals surface area contributed by atoms with Gasteiger partial charge in [0.1, 0.15) is 5.60 Å². The second kappa shape index (κ2) is 8.51. The molecule has 0 aliphatic carbocycles. The van der Waals surface area contributed by atoms with Gasteiger partial charge in [0.25, 0.3) is 0 Å². The highest BCUT2D eigenvalue weighted by molar-refractivity contribution is 6.28. The number of piperidine rings is 1. The molecule has 1 amide bonds. The molecule has 1 atom stereocenters. The number of likely N-dealkylation sites (tertiary alicyclic amines) is 1. The van der Waals surface area contributed by atoms with E-state index in [1.807, 2.05) is 25.7 Å². The van der Waals surface area contributed by atoms with E-state index >= 15 is 0 Å². The van der Waals surface area contributed by atoms with Crippen LogP contribution in [0, 0.1) is 5.92 Å². The summed E-state index contributed by atoms with van der Waals surface area (Å²) in [4.78, 5) is 21.8. The zero-order chi connectivity index (χ0) is 17.6. The van der Waals surface area contributed by atoms with Crippen LogP contribution in [0.5, 0.6) is 5.88 Å². The molecule has 6 nitrogen and oxygen atoms in total. The smallest absolute Gasteiger partial charge is 0.410 e. The molecular formula is C17H26ClN3O3.